The van der Waals surface area contributed by atoms with Crippen molar-refractivity contribution in [2.45, 2.75) is 12.8 Å². The number of carbonyl (C=O) groups is 1. The zero-order chi connectivity index (χ0) is 11.4. The Kier molecular flexibility index (Phi) is 3.51. The number of halogens is 1. The van der Waals surface area contributed by atoms with Gasteiger partial charge in [0.15, 0.2) is 0 Å². The van der Waals surface area contributed by atoms with Gasteiger partial charge in [0.2, 0.25) is 5.91 Å². The van der Waals surface area contributed by atoms with E-state index in [1.807, 2.05) is 0 Å². The number of hydrogen-bond acceptors (Lipinski definition) is 2. The monoisotopic (exact) mass is 222 g/mol. The quantitative estimate of drug-likeness (QED) is 0.846. The molecule has 0 saturated carbocycles. The number of hydrogen-bond donors (Lipinski definition) is 1. The molecule has 0 bridgehead atoms. The van der Waals surface area contributed by atoms with E-state index in [1.54, 1.807) is 12.1 Å². The maximum atomic E-state index is 12.9. The van der Waals surface area contributed by atoms with Crippen molar-refractivity contribution in [2.24, 2.45) is 0 Å². The third kappa shape index (κ3) is 3.03. The van der Waals surface area contributed by atoms with Crippen LogP contribution in [0.5, 0.6) is 0 Å². The van der Waals surface area contributed by atoms with E-state index in [9.17, 15) is 9.18 Å². The summed E-state index contributed by atoms with van der Waals surface area (Å²) in [6.07, 6.45) is 2.32. The summed E-state index contributed by atoms with van der Waals surface area (Å²) in [7, 11) is 0. The minimum atomic E-state index is -0.334. The van der Waals surface area contributed by atoms with Gasteiger partial charge in [-0.3, -0.25) is 9.69 Å². The maximum Gasteiger partial charge on any atom is 0.238 e. The smallest absolute Gasteiger partial charge is 0.238 e. The highest BCUT2D eigenvalue weighted by Crippen LogP contribution is 2.10. The molecule has 1 heterocycles. The molecule has 1 aromatic rings. The van der Waals surface area contributed by atoms with Crippen LogP contribution in [0.15, 0.2) is 24.3 Å². The Balaban J connectivity index is 1.86. The number of rotatable bonds is 3. The molecule has 0 radical (unpaired) electrons. The third-order valence-electron chi connectivity index (χ3n) is 2.67. The molecule has 1 N–H and O–H groups in total. The van der Waals surface area contributed by atoms with Gasteiger partial charge < -0.3 is 5.32 Å². The Labute approximate surface area is 94.3 Å². The summed E-state index contributed by atoms with van der Waals surface area (Å²) in [6.45, 7) is 2.36. The second-order valence-corrected chi connectivity index (χ2v) is 4.04. The predicted molar refractivity (Wildman–Crippen MR) is 60.7 cm³/mol. The molecule has 1 aliphatic rings. The lowest BCUT2D eigenvalue weighted by molar-refractivity contribution is -0.117. The van der Waals surface area contributed by atoms with Crippen LogP contribution in [0, 0.1) is 5.82 Å². The predicted octanol–water partition coefficient (Wildman–Crippen LogP) is 1.86. The van der Waals surface area contributed by atoms with Crippen molar-refractivity contribution >= 4 is 11.6 Å². The Bertz CT molecular complexity index is 375. The van der Waals surface area contributed by atoms with E-state index in [-0.39, 0.29) is 11.7 Å². The van der Waals surface area contributed by atoms with Crippen LogP contribution in [0.3, 0.4) is 0 Å². The van der Waals surface area contributed by atoms with Gasteiger partial charge >= 0.3 is 0 Å². The van der Waals surface area contributed by atoms with Gasteiger partial charge in [-0.2, -0.15) is 0 Å². The van der Waals surface area contributed by atoms with Crippen molar-refractivity contribution in [3.05, 3.63) is 30.1 Å². The number of likely N-dealkylation sites (tertiary alicyclic amines) is 1. The maximum absolute atomic E-state index is 12.9. The fourth-order valence-electron chi connectivity index (χ4n) is 1.91. The van der Waals surface area contributed by atoms with Crippen molar-refractivity contribution in [1.82, 2.24) is 4.90 Å². The second kappa shape index (κ2) is 5.07. The summed E-state index contributed by atoms with van der Waals surface area (Å²) >= 11 is 0. The molecule has 16 heavy (non-hydrogen) atoms. The fourth-order valence-corrected chi connectivity index (χ4v) is 1.91. The Hall–Kier alpha value is -1.42. The second-order valence-electron chi connectivity index (χ2n) is 4.04. The average Bonchev–Trinajstić information content (AvgIpc) is 2.70. The van der Waals surface area contributed by atoms with Crippen molar-refractivity contribution < 1.29 is 9.18 Å². The van der Waals surface area contributed by atoms with Gasteiger partial charge in [-0.05, 0) is 44.1 Å². The molecule has 3 nitrogen and oxygen atoms in total. The first-order chi connectivity index (χ1) is 7.74. The van der Waals surface area contributed by atoms with Gasteiger partial charge in [-0.1, -0.05) is 6.07 Å². The van der Waals surface area contributed by atoms with Crippen LogP contribution < -0.4 is 5.32 Å². The molecular formula is C12H15FN2O. The van der Waals surface area contributed by atoms with Gasteiger partial charge in [-0.25, -0.2) is 4.39 Å². The fraction of sp³-hybridized carbons (Fsp3) is 0.417. The van der Waals surface area contributed by atoms with E-state index in [0.717, 1.165) is 25.9 Å². The summed E-state index contributed by atoms with van der Waals surface area (Å²) in [5.41, 5.74) is 0.518. The number of anilines is 1. The summed E-state index contributed by atoms with van der Waals surface area (Å²) < 4.78 is 12.9. The molecule has 1 fully saturated rings. The first-order valence-corrected chi connectivity index (χ1v) is 5.52. The van der Waals surface area contributed by atoms with E-state index in [4.69, 9.17) is 0 Å². The molecule has 0 aromatic heterocycles. The molecule has 0 unspecified atom stereocenters. The third-order valence-corrected chi connectivity index (χ3v) is 2.67. The molecule has 2 rings (SSSR count). The minimum Gasteiger partial charge on any atom is -0.325 e. The molecule has 86 valence electrons. The number of nitrogens with one attached hydrogen (secondary N) is 1. The number of amides is 1. The highest BCUT2D eigenvalue weighted by Gasteiger charge is 2.14. The molecule has 1 saturated heterocycles. The van der Waals surface area contributed by atoms with Crippen LogP contribution in [0.1, 0.15) is 12.8 Å². The molecule has 1 aliphatic heterocycles. The van der Waals surface area contributed by atoms with Crippen LogP contribution in [-0.4, -0.2) is 30.4 Å². The van der Waals surface area contributed by atoms with E-state index in [0.29, 0.717) is 12.2 Å². The van der Waals surface area contributed by atoms with Gasteiger partial charge in [0.25, 0.3) is 0 Å². The van der Waals surface area contributed by atoms with Crippen molar-refractivity contribution in [2.75, 3.05) is 25.0 Å². The van der Waals surface area contributed by atoms with Gasteiger partial charge in [-0.15, -0.1) is 0 Å². The van der Waals surface area contributed by atoms with Crippen molar-refractivity contribution in [1.29, 1.82) is 0 Å². The Morgan fingerprint density at radius 1 is 1.38 bits per heavy atom. The SMILES string of the molecule is O=C(CN1CCCC1)Nc1cccc(F)c1. The zero-order valence-corrected chi connectivity index (χ0v) is 9.08. The zero-order valence-electron chi connectivity index (χ0n) is 9.08. The molecule has 1 amide bonds. The highest BCUT2D eigenvalue weighted by molar-refractivity contribution is 5.92. The summed E-state index contributed by atoms with van der Waals surface area (Å²) in [4.78, 5) is 13.7. The molecule has 0 aliphatic carbocycles. The van der Waals surface area contributed by atoms with Crippen molar-refractivity contribution in [3.8, 4) is 0 Å². The van der Waals surface area contributed by atoms with Gasteiger partial charge in [0.1, 0.15) is 5.82 Å². The van der Waals surface area contributed by atoms with Crippen LogP contribution in [0.25, 0.3) is 0 Å². The first-order valence-electron chi connectivity index (χ1n) is 5.52. The minimum absolute atomic E-state index is 0.0764. The first kappa shape index (κ1) is 11.1. The molecule has 0 atom stereocenters. The van der Waals surface area contributed by atoms with Gasteiger partial charge in [0.05, 0.1) is 6.54 Å². The lowest BCUT2D eigenvalue weighted by Gasteiger charge is -2.13. The largest absolute Gasteiger partial charge is 0.325 e. The van der Waals surface area contributed by atoms with Crippen LogP contribution in [0.4, 0.5) is 10.1 Å². The lowest BCUT2D eigenvalue weighted by atomic mass is 10.3. The van der Waals surface area contributed by atoms with Crippen LogP contribution in [0.2, 0.25) is 0 Å². The van der Waals surface area contributed by atoms with Crippen LogP contribution in [-0.2, 0) is 4.79 Å². The molecular weight excluding hydrogens is 207 g/mol. The van der Waals surface area contributed by atoms with E-state index >= 15 is 0 Å². The average molecular weight is 222 g/mol. The summed E-state index contributed by atoms with van der Waals surface area (Å²) in [5, 5.41) is 2.69. The van der Waals surface area contributed by atoms with E-state index in [1.165, 1.54) is 12.1 Å². The standard InChI is InChI=1S/C12H15FN2O/c13-10-4-3-5-11(8-10)14-12(16)9-15-6-1-2-7-15/h3-5,8H,1-2,6-7,9H2,(H,14,16). The molecule has 1 aromatic carbocycles. The lowest BCUT2D eigenvalue weighted by Crippen LogP contribution is -2.30. The Morgan fingerprint density at radius 3 is 2.81 bits per heavy atom. The Morgan fingerprint density at radius 2 is 2.12 bits per heavy atom. The topological polar surface area (TPSA) is 32.3 Å². The van der Waals surface area contributed by atoms with Gasteiger partial charge in [0, 0.05) is 5.69 Å². The summed E-state index contributed by atoms with van der Waals surface area (Å²) in [5.74, 6) is -0.411. The summed E-state index contributed by atoms with van der Waals surface area (Å²) in [6, 6.07) is 5.95. The van der Waals surface area contributed by atoms with E-state index < -0.39 is 0 Å². The molecule has 4 heteroatoms. The van der Waals surface area contributed by atoms with Crippen molar-refractivity contribution in [3.63, 3.8) is 0 Å². The number of carbonyl (C=O) groups excluding carboxylic acids is 1. The molecule has 0 spiro atoms. The van der Waals surface area contributed by atoms with Crippen LogP contribution >= 0.6 is 0 Å². The number of nitrogens with zero attached hydrogens (tertiary/aromatic N) is 1. The van der Waals surface area contributed by atoms with E-state index in [2.05, 4.69) is 10.2 Å². The number of benzene rings is 1. The highest BCUT2D eigenvalue weighted by atomic mass is 19.1. The normalized spacial score (nSPS) is 16.3.